The number of fused-ring (bicyclic) bond motifs is 1. The van der Waals surface area contributed by atoms with Gasteiger partial charge in [-0.05, 0) is 23.6 Å². The number of benzene rings is 1. The van der Waals surface area contributed by atoms with E-state index < -0.39 is 0 Å². The molecular weight excluding hydrogens is 334 g/mol. The summed E-state index contributed by atoms with van der Waals surface area (Å²) in [4.78, 5) is 5.98. The van der Waals surface area contributed by atoms with Gasteiger partial charge >= 0.3 is 0 Å². The lowest BCUT2D eigenvalue weighted by Gasteiger charge is -2.13. The minimum absolute atomic E-state index is 0.648. The molecule has 0 aliphatic carbocycles. The number of anilines is 1. The third-order valence-corrected chi connectivity index (χ3v) is 4.57. The Labute approximate surface area is 152 Å². The van der Waals surface area contributed by atoms with Crippen molar-refractivity contribution in [1.82, 2.24) is 5.32 Å². The van der Waals surface area contributed by atoms with Crippen LogP contribution in [0.4, 0.5) is 5.69 Å². The van der Waals surface area contributed by atoms with Crippen molar-refractivity contribution in [2.45, 2.75) is 12.8 Å². The molecule has 0 spiro atoms. The van der Waals surface area contributed by atoms with Crippen LogP contribution in [-0.2, 0) is 6.42 Å². The third-order valence-electron chi connectivity index (χ3n) is 3.63. The van der Waals surface area contributed by atoms with Gasteiger partial charge in [0.2, 0.25) is 0 Å². The van der Waals surface area contributed by atoms with E-state index in [1.54, 1.807) is 11.3 Å². The van der Waals surface area contributed by atoms with Crippen LogP contribution in [0.3, 0.4) is 0 Å². The van der Waals surface area contributed by atoms with Crippen molar-refractivity contribution < 1.29 is 9.47 Å². The van der Waals surface area contributed by atoms with Crippen LogP contribution in [-0.4, -0.2) is 32.3 Å². The zero-order chi connectivity index (χ0) is 17.3. The monoisotopic (exact) mass is 357 g/mol. The second-order valence-corrected chi connectivity index (χ2v) is 6.60. The Hall–Kier alpha value is -2.47. The molecule has 25 heavy (non-hydrogen) atoms. The van der Waals surface area contributed by atoms with Crippen LogP contribution in [0.1, 0.15) is 11.3 Å². The normalized spacial score (nSPS) is 13.8. The third kappa shape index (κ3) is 5.26. The summed E-state index contributed by atoms with van der Waals surface area (Å²) in [6.45, 7) is 6.48. The van der Waals surface area contributed by atoms with Crippen LogP contribution in [0.25, 0.3) is 0 Å². The zero-order valence-electron chi connectivity index (χ0n) is 14.2. The van der Waals surface area contributed by atoms with E-state index in [1.807, 2.05) is 24.3 Å². The number of hydrogen-bond acceptors (Lipinski definition) is 4. The summed E-state index contributed by atoms with van der Waals surface area (Å²) in [5.74, 6) is 2.29. The minimum atomic E-state index is 0.648. The predicted octanol–water partition coefficient (Wildman–Crippen LogP) is 3.70. The first-order chi connectivity index (χ1) is 12.3. The van der Waals surface area contributed by atoms with Crippen molar-refractivity contribution >= 4 is 23.0 Å². The van der Waals surface area contributed by atoms with Gasteiger partial charge in [0, 0.05) is 42.6 Å². The molecule has 1 aromatic heterocycles. The van der Waals surface area contributed by atoms with E-state index >= 15 is 0 Å². The van der Waals surface area contributed by atoms with E-state index in [0.29, 0.717) is 19.8 Å². The van der Waals surface area contributed by atoms with E-state index in [9.17, 15) is 0 Å². The SMILES string of the molecule is C=CCNC(=NCCc1cccs1)Nc1ccc2c(c1)OCCCO2. The van der Waals surface area contributed by atoms with Gasteiger partial charge in [0.25, 0.3) is 0 Å². The maximum Gasteiger partial charge on any atom is 0.196 e. The second-order valence-electron chi connectivity index (χ2n) is 5.57. The number of rotatable bonds is 6. The number of aliphatic imine (C=N–C) groups is 1. The van der Waals surface area contributed by atoms with E-state index in [4.69, 9.17) is 9.47 Å². The van der Waals surface area contributed by atoms with Gasteiger partial charge in [0.15, 0.2) is 17.5 Å². The molecule has 0 bridgehead atoms. The predicted molar refractivity (Wildman–Crippen MR) is 104 cm³/mol. The molecule has 2 N–H and O–H groups in total. The van der Waals surface area contributed by atoms with Gasteiger partial charge in [0.1, 0.15) is 0 Å². The molecule has 1 aromatic carbocycles. The second kappa shape index (κ2) is 9.13. The van der Waals surface area contributed by atoms with Crippen LogP contribution in [0.2, 0.25) is 0 Å². The molecule has 0 atom stereocenters. The van der Waals surface area contributed by atoms with Crippen LogP contribution < -0.4 is 20.1 Å². The number of nitrogens with one attached hydrogen (secondary N) is 2. The van der Waals surface area contributed by atoms with Gasteiger partial charge in [-0.15, -0.1) is 17.9 Å². The Morgan fingerprint density at radius 2 is 2.12 bits per heavy atom. The van der Waals surface area contributed by atoms with Crippen LogP contribution in [0, 0.1) is 0 Å². The van der Waals surface area contributed by atoms with E-state index in [2.05, 4.69) is 39.7 Å². The Morgan fingerprint density at radius 1 is 1.24 bits per heavy atom. The first kappa shape index (κ1) is 17.4. The molecule has 0 unspecified atom stereocenters. The molecule has 2 aromatic rings. The highest BCUT2D eigenvalue weighted by Gasteiger charge is 2.11. The molecule has 0 radical (unpaired) electrons. The summed E-state index contributed by atoms with van der Waals surface area (Å²) < 4.78 is 11.4. The molecule has 6 heteroatoms. The molecule has 0 saturated carbocycles. The summed E-state index contributed by atoms with van der Waals surface area (Å²) in [5, 5.41) is 8.66. The number of ether oxygens (including phenoxy) is 2. The highest BCUT2D eigenvalue weighted by atomic mass is 32.1. The number of thiophene rings is 1. The van der Waals surface area contributed by atoms with Crippen LogP contribution >= 0.6 is 11.3 Å². The molecule has 1 aliphatic rings. The molecule has 5 nitrogen and oxygen atoms in total. The Balaban J connectivity index is 1.66. The first-order valence-corrected chi connectivity index (χ1v) is 9.31. The van der Waals surface area contributed by atoms with E-state index in [0.717, 1.165) is 42.5 Å². The van der Waals surface area contributed by atoms with Crippen molar-refractivity contribution in [3.05, 3.63) is 53.2 Å². The maximum absolute atomic E-state index is 5.74. The van der Waals surface area contributed by atoms with E-state index in [1.165, 1.54) is 4.88 Å². The standard InChI is InChI=1S/C19H23N3O2S/c1-2-9-20-19(21-10-8-16-5-3-13-25-16)22-15-6-7-17-18(14-15)24-12-4-11-23-17/h2-3,5-7,13-14H,1,4,8-12H2,(H2,20,21,22). The number of guanidine groups is 1. The Bertz CT molecular complexity index is 713. The molecule has 0 amide bonds. The van der Waals surface area contributed by atoms with Gasteiger partial charge in [-0.2, -0.15) is 0 Å². The lowest BCUT2D eigenvalue weighted by atomic mass is 10.2. The number of nitrogens with zero attached hydrogens (tertiary/aromatic N) is 1. The summed E-state index contributed by atoms with van der Waals surface area (Å²) in [5.41, 5.74) is 0.913. The van der Waals surface area contributed by atoms with Crippen LogP contribution in [0.15, 0.2) is 53.4 Å². The summed E-state index contributed by atoms with van der Waals surface area (Å²) in [6, 6.07) is 10.0. The van der Waals surface area contributed by atoms with Crippen molar-refractivity contribution in [1.29, 1.82) is 0 Å². The fourth-order valence-corrected chi connectivity index (χ4v) is 3.12. The largest absolute Gasteiger partial charge is 0.490 e. The molecule has 0 fully saturated rings. The van der Waals surface area contributed by atoms with Gasteiger partial charge in [-0.25, -0.2) is 0 Å². The molecular formula is C19H23N3O2S. The summed E-state index contributed by atoms with van der Waals surface area (Å²) in [7, 11) is 0. The highest BCUT2D eigenvalue weighted by molar-refractivity contribution is 7.09. The Kier molecular flexibility index (Phi) is 6.34. The molecule has 3 rings (SSSR count). The fourth-order valence-electron chi connectivity index (χ4n) is 2.42. The van der Waals surface area contributed by atoms with Crippen molar-refractivity contribution in [3.63, 3.8) is 0 Å². The fraction of sp³-hybridized carbons (Fsp3) is 0.316. The topological polar surface area (TPSA) is 54.9 Å². The average Bonchev–Trinajstić information content (AvgIpc) is 3.03. The van der Waals surface area contributed by atoms with Gasteiger partial charge in [-0.3, -0.25) is 4.99 Å². The average molecular weight is 357 g/mol. The Morgan fingerprint density at radius 3 is 2.92 bits per heavy atom. The smallest absolute Gasteiger partial charge is 0.196 e. The highest BCUT2D eigenvalue weighted by Crippen LogP contribution is 2.32. The lowest BCUT2D eigenvalue weighted by molar-refractivity contribution is 0.297. The van der Waals surface area contributed by atoms with Crippen LogP contribution in [0.5, 0.6) is 11.5 Å². The van der Waals surface area contributed by atoms with E-state index in [-0.39, 0.29) is 0 Å². The summed E-state index contributed by atoms with van der Waals surface area (Å²) >= 11 is 1.76. The first-order valence-electron chi connectivity index (χ1n) is 8.43. The molecule has 0 saturated heterocycles. The maximum atomic E-state index is 5.74. The molecule has 2 heterocycles. The molecule has 1 aliphatic heterocycles. The molecule has 132 valence electrons. The lowest BCUT2D eigenvalue weighted by Crippen LogP contribution is -2.31. The van der Waals surface area contributed by atoms with Gasteiger partial charge < -0.3 is 20.1 Å². The van der Waals surface area contributed by atoms with Gasteiger partial charge in [0.05, 0.1) is 13.2 Å². The summed E-state index contributed by atoms with van der Waals surface area (Å²) in [6.07, 6.45) is 3.64. The quantitative estimate of drug-likeness (QED) is 0.470. The van der Waals surface area contributed by atoms with Crippen molar-refractivity contribution in [2.24, 2.45) is 4.99 Å². The minimum Gasteiger partial charge on any atom is -0.490 e. The number of hydrogen-bond donors (Lipinski definition) is 2. The van der Waals surface area contributed by atoms with Crippen molar-refractivity contribution in [2.75, 3.05) is 31.6 Å². The van der Waals surface area contributed by atoms with Crippen molar-refractivity contribution in [3.8, 4) is 11.5 Å². The zero-order valence-corrected chi connectivity index (χ0v) is 15.0. The van der Waals surface area contributed by atoms with Gasteiger partial charge in [-0.1, -0.05) is 12.1 Å².